The van der Waals surface area contributed by atoms with Crippen molar-refractivity contribution in [2.45, 2.75) is 34.2 Å². The number of halogens is 1. The van der Waals surface area contributed by atoms with Crippen LogP contribution in [0.25, 0.3) is 5.82 Å². The van der Waals surface area contributed by atoms with Gasteiger partial charge in [-0.1, -0.05) is 25.4 Å². The van der Waals surface area contributed by atoms with E-state index in [2.05, 4.69) is 34.2 Å². The molecule has 0 aliphatic rings. The van der Waals surface area contributed by atoms with E-state index in [-0.39, 0.29) is 0 Å². The standard InChI is InChI=1S/C14H20ClN5/c1-9(2)7-16-8-13-12(15)5-6-14(18-13)20-11(4)17-10(3)19-20/h5-6,9,16H,7-8H2,1-4H3. The number of hydrogen-bond acceptors (Lipinski definition) is 4. The second-order valence-corrected chi connectivity index (χ2v) is 5.65. The number of nitrogens with zero attached hydrogens (tertiary/aromatic N) is 4. The van der Waals surface area contributed by atoms with Gasteiger partial charge in [0.15, 0.2) is 5.82 Å². The molecule has 2 aromatic rings. The average molecular weight is 294 g/mol. The zero-order valence-electron chi connectivity index (χ0n) is 12.3. The molecule has 20 heavy (non-hydrogen) atoms. The Morgan fingerprint density at radius 2 is 2.00 bits per heavy atom. The number of hydrogen-bond donors (Lipinski definition) is 1. The zero-order valence-corrected chi connectivity index (χ0v) is 13.1. The van der Waals surface area contributed by atoms with Crippen molar-refractivity contribution in [1.29, 1.82) is 0 Å². The Kier molecular flexibility index (Phi) is 4.73. The number of aromatic nitrogens is 4. The van der Waals surface area contributed by atoms with Crippen molar-refractivity contribution < 1.29 is 0 Å². The molecule has 2 aromatic heterocycles. The van der Waals surface area contributed by atoms with E-state index in [1.54, 1.807) is 4.68 Å². The lowest BCUT2D eigenvalue weighted by atomic mass is 10.2. The van der Waals surface area contributed by atoms with Crippen LogP contribution in [0.2, 0.25) is 5.02 Å². The molecule has 2 heterocycles. The smallest absolute Gasteiger partial charge is 0.155 e. The van der Waals surface area contributed by atoms with Crippen LogP contribution in [0.5, 0.6) is 0 Å². The summed E-state index contributed by atoms with van der Waals surface area (Å²) in [5.41, 5.74) is 0.831. The van der Waals surface area contributed by atoms with Crippen molar-refractivity contribution in [1.82, 2.24) is 25.1 Å². The Hall–Kier alpha value is -1.46. The summed E-state index contributed by atoms with van der Waals surface area (Å²) < 4.78 is 1.73. The molecule has 6 heteroatoms. The van der Waals surface area contributed by atoms with Gasteiger partial charge in [0.2, 0.25) is 0 Å². The van der Waals surface area contributed by atoms with Gasteiger partial charge in [0.1, 0.15) is 11.6 Å². The third-order valence-electron chi connectivity index (χ3n) is 2.84. The second-order valence-electron chi connectivity index (χ2n) is 5.24. The van der Waals surface area contributed by atoms with Gasteiger partial charge in [0.25, 0.3) is 0 Å². The van der Waals surface area contributed by atoms with Crippen molar-refractivity contribution in [2.24, 2.45) is 5.92 Å². The molecule has 108 valence electrons. The molecule has 0 unspecified atom stereocenters. The Bertz CT molecular complexity index is 591. The van der Waals surface area contributed by atoms with Gasteiger partial charge < -0.3 is 5.32 Å². The number of pyridine rings is 1. The highest BCUT2D eigenvalue weighted by molar-refractivity contribution is 6.31. The van der Waals surface area contributed by atoms with E-state index in [0.29, 0.717) is 17.5 Å². The first-order chi connectivity index (χ1) is 9.47. The van der Waals surface area contributed by atoms with Gasteiger partial charge in [0, 0.05) is 6.54 Å². The predicted octanol–water partition coefficient (Wildman–Crippen LogP) is 2.68. The summed E-state index contributed by atoms with van der Waals surface area (Å²) in [4.78, 5) is 8.87. The largest absolute Gasteiger partial charge is 0.311 e. The van der Waals surface area contributed by atoms with Crippen LogP contribution in [-0.2, 0) is 6.54 Å². The Labute approximate surface area is 124 Å². The van der Waals surface area contributed by atoms with E-state index in [1.165, 1.54) is 0 Å². The van der Waals surface area contributed by atoms with Crippen LogP contribution in [0.4, 0.5) is 0 Å². The van der Waals surface area contributed by atoms with Crippen LogP contribution < -0.4 is 5.32 Å². The fraction of sp³-hybridized carbons (Fsp3) is 0.500. The minimum Gasteiger partial charge on any atom is -0.311 e. The fourth-order valence-electron chi connectivity index (χ4n) is 1.93. The highest BCUT2D eigenvalue weighted by Crippen LogP contribution is 2.16. The highest BCUT2D eigenvalue weighted by atomic mass is 35.5. The van der Waals surface area contributed by atoms with E-state index in [1.807, 2.05) is 26.0 Å². The lowest BCUT2D eigenvalue weighted by Gasteiger charge is -2.10. The summed E-state index contributed by atoms with van der Waals surface area (Å²) in [6.07, 6.45) is 0. The molecule has 0 aliphatic heterocycles. The maximum absolute atomic E-state index is 6.20. The molecule has 5 nitrogen and oxygen atoms in total. The van der Waals surface area contributed by atoms with Crippen molar-refractivity contribution in [3.63, 3.8) is 0 Å². The van der Waals surface area contributed by atoms with Gasteiger partial charge in [-0.3, -0.25) is 0 Å². The molecule has 0 saturated carbocycles. The topological polar surface area (TPSA) is 55.6 Å². The zero-order chi connectivity index (χ0) is 14.7. The normalized spacial score (nSPS) is 11.3. The van der Waals surface area contributed by atoms with E-state index in [0.717, 1.165) is 29.7 Å². The quantitative estimate of drug-likeness (QED) is 0.921. The van der Waals surface area contributed by atoms with Gasteiger partial charge in [-0.2, -0.15) is 4.68 Å². The van der Waals surface area contributed by atoms with Crippen LogP contribution in [0.1, 0.15) is 31.2 Å². The van der Waals surface area contributed by atoms with Crippen molar-refractivity contribution >= 4 is 11.6 Å². The van der Waals surface area contributed by atoms with Crippen LogP contribution in [-0.4, -0.2) is 26.3 Å². The number of aryl methyl sites for hydroxylation is 2. The monoisotopic (exact) mass is 293 g/mol. The molecular weight excluding hydrogens is 274 g/mol. The van der Waals surface area contributed by atoms with Crippen LogP contribution in [0, 0.1) is 19.8 Å². The Balaban J connectivity index is 2.22. The third-order valence-corrected chi connectivity index (χ3v) is 3.18. The molecule has 1 N–H and O–H groups in total. The first-order valence-electron chi connectivity index (χ1n) is 6.74. The van der Waals surface area contributed by atoms with E-state index in [4.69, 9.17) is 11.6 Å². The summed E-state index contributed by atoms with van der Waals surface area (Å²) >= 11 is 6.20. The van der Waals surface area contributed by atoms with Gasteiger partial charge in [-0.15, -0.1) is 5.10 Å². The van der Waals surface area contributed by atoms with Crippen LogP contribution in [0.15, 0.2) is 12.1 Å². The maximum Gasteiger partial charge on any atom is 0.155 e. The molecule has 0 spiro atoms. The lowest BCUT2D eigenvalue weighted by molar-refractivity contribution is 0.547. The maximum atomic E-state index is 6.20. The molecule has 0 aromatic carbocycles. The Morgan fingerprint density at radius 1 is 1.25 bits per heavy atom. The molecule has 0 amide bonds. The highest BCUT2D eigenvalue weighted by Gasteiger charge is 2.09. The van der Waals surface area contributed by atoms with Gasteiger partial charge in [-0.25, -0.2) is 9.97 Å². The SMILES string of the molecule is Cc1nc(C)n(-c2ccc(Cl)c(CNCC(C)C)n2)n1. The first-order valence-corrected chi connectivity index (χ1v) is 7.12. The van der Waals surface area contributed by atoms with Crippen LogP contribution in [0.3, 0.4) is 0 Å². The van der Waals surface area contributed by atoms with Crippen molar-refractivity contribution in [3.05, 3.63) is 34.5 Å². The molecule has 0 saturated heterocycles. The van der Waals surface area contributed by atoms with Crippen molar-refractivity contribution in [3.8, 4) is 5.82 Å². The summed E-state index contributed by atoms with van der Waals surface area (Å²) in [5.74, 6) is 2.89. The molecule has 0 atom stereocenters. The molecular formula is C14H20ClN5. The van der Waals surface area contributed by atoms with Crippen molar-refractivity contribution in [2.75, 3.05) is 6.54 Å². The van der Waals surface area contributed by atoms with E-state index in [9.17, 15) is 0 Å². The summed E-state index contributed by atoms with van der Waals surface area (Å²) in [6, 6.07) is 3.71. The van der Waals surface area contributed by atoms with E-state index >= 15 is 0 Å². The molecule has 2 rings (SSSR count). The third kappa shape index (κ3) is 3.55. The minimum absolute atomic E-state index is 0.595. The average Bonchev–Trinajstić information content (AvgIpc) is 2.70. The number of nitrogens with one attached hydrogen (secondary N) is 1. The van der Waals surface area contributed by atoms with Crippen LogP contribution >= 0.6 is 11.6 Å². The van der Waals surface area contributed by atoms with Gasteiger partial charge >= 0.3 is 0 Å². The van der Waals surface area contributed by atoms with Gasteiger partial charge in [-0.05, 0) is 38.4 Å². The fourth-order valence-corrected chi connectivity index (χ4v) is 2.10. The first kappa shape index (κ1) is 14.9. The molecule has 0 radical (unpaired) electrons. The lowest BCUT2D eigenvalue weighted by Crippen LogP contribution is -2.20. The van der Waals surface area contributed by atoms with E-state index < -0.39 is 0 Å². The predicted molar refractivity (Wildman–Crippen MR) is 80.2 cm³/mol. The summed E-state index contributed by atoms with van der Waals surface area (Å²) in [6.45, 7) is 9.69. The van der Waals surface area contributed by atoms with Gasteiger partial charge in [0.05, 0.1) is 10.7 Å². The molecule has 0 aliphatic carbocycles. The molecule has 0 bridgehead atoms. The molecule has 0 fully saturated rings. The number of rotatable bonds is 5. The second kappa shape index (κ2) is 6.33. The minimum atomic E-state index is 0.595. The summed E-state index contributed by atoms with van der Waals surface area (Å²) in [5, 5.41) is 8.35. The Morgan fingerprint density at radius 3 is 2.60 bits per heavy atom. The summed E-state index contributed by atoms with van der Waals surface area (Å²) in [7, 11) is 0.